The van der Waals surface area contributed by atoms with Crippen molar-refractivity contribution in [1.82, 2.24) is 0 Å². The molecule has 0 atom stereocenters. The van der Waals surface area contributed by atoms with E-state index in [-0.39, 0.29) is 0 Å². The third-order valence-electron chi connectivity index (χ3n) is 1.49. The van der Waals surface area contributed by atoms with Gasteiger partial charge in [0.1, 0.15) is 6.42 Å². The van der Waals surface area contributed by atoms with Crippen molar-refractivity contribution in [3.63, 3.8) is 0 Å². The summed E-state index contributed by atoms with van der Waals surface area (Å²) in [7, 11) is 0. The van der Waals surface area contributed by atoms with Crippen molar-refractivity contribution in [3.05, 3.63) is 19.1 Å². The highest BCUT2D eigenvalue weighted by atomic mass is 13.9. The third kappa shape index (κ3) is 5.48. The molecule has 0 aliphatic heterocycles. The minimum Gasteiger partial charge on any atom is -0.0956 e. The lowest BCUT2D eigenvalue weighted by atomic mass is 10.1. The molecule has 52 valence electrons. The summed E-state index contributed by atoms with van der Waals surface area (Å²) in [6.45, 7) is 9.86. The molecule has 0 saturated heterocycles. The smallest absolute Gasteiger partial charge is 0.0956 e. The standard InChI is InChI=1S/C9H17/c1-4-6-7-8-9(3)5-2/h2-8H2,1H3/q+1. The zero-order valence-corrected chi connectivity index (χ0v) is 6.45. The number of unbranched alkanes of at least 4 members (excludes halogenated alkanes) is 2. The summed E-state index contributed by atoms with van der Waals surface area (Å²) in [6.07, 6.45) is 6.01. The molecule has 0 unspecified atom stereocenters. The van der Waals surface area contributed by atoms with Crippen molar-refractivity contribution in [2.24, 2.45) is 0 Å². The van der Waals surface area contributed by atoms with E-state index in [2.05, 4.69) is 20.4 Å². The third-order valence-corrected chi connectivity index (χ3v) is 1.49. The van der Waals surface area contributed by atoms with Crippen LogP contribution in [0.15, 0.2) is 12.2 Å². The fourth-order valence-electron chi connectivity index (χ4n) is 0.750. The predicted octanol–water partition coefficient (Wildman–Crippen LogP) is 3.35. The Morgan fingerprint density at radius 3 is 2.56 bits per heavy atom. The molecule has 9 heavy (non-hydrogen) atoms. The van der Waals surface area contributed by atoms with Crippen LogP contribution in [-0.2, 0) is 0 Å². The van der Waals surface area contributed by atoms with Crippen LogP contribution in [0.2, 0.25) is 0 Å². The Kier molecular flexibility index (Phi) is 5.49. The Balaban J connectivity index is 2.97. The van der Waals surface area contributed by atoms with Crippen LogP contribution in [0.4, 0.5) is 0 Å². The number of rotatable bonds is 5. The van der Waals surface area contributed by atoms with Crippen molar-refractivity contribution in [2.75, 3.05) is 0 Å². The summed E-state index contributed by atoms with van der Waals surface area (Å²) in [5.74, 6) is 0. The molecule has 0 aromatic heterocycles. The highest BCUT2D eigenvalue weighted by molar-refractivity contribution is 4.94. The summed E-state index contributed by atoms with van der Waals surface area (Å²) in [6, 6.07) is 0. The Morgan fingerprint density at radius 2 is 2.11 bits per heavy atom. The fraction of sp³-hybridized carbons (Fsp3) is 0.667. The highest BCUT2D eigenvalue weighted by Gasteiger charge is 1.92. The topological polar surface area (TPSA) is 0 Å². The molecule has 0 heterocycles. The molecule has 0 aliphatic carbocycles. The van der Waals surface area contributed by atoms with Crippen LogP contribution in [0.5, 0.6) is 0 Å². The molecule has 0 amide bonds. The van der Waals surface area contributed by atoms with Crippen molar-refractivity contribution in [2.45, 2.75) is 39.0 Å². The second-order valence-electron chi connectivity index (χ2n) is 2.46. The van der Waals surface area contributed by atoms with Crippen molar-refractivity contribution in [1.29, 1.82) is 0 Å². The second kappa shape index (κ2) is 5.74. The molecule has 0 heteroatoms. The van der Waals surface area contributed by atoms with Gasteiger partial charge in [0, 0.05) is 0 Å². The van der Waals surface area contributed by atoms with Crippen molar-refractivity contribution < 1.29 is 0 Å². The van der Waals surface area contributed by atoms with Gasteiger partial charge in [-0.15, -0.1) is 0 Å². The van der Waals surface area contributed by atoms with Gasteiger partial charge in [0.2, 0.25) is 0 Å². The molecule has 0 fully saturated rings. The summed E-state index contributed by atoms with van der Waals surface area (Å²) in [5, 5.41) is 0. The summed E-state index contributed by atoms with van der Waals surface area (Å²) >= 11 is 0. The first-order valence-corrected chi connectivity index (χ1v) is 3.77. The van der Waals surface area contributed by atoms with E-state index in [4.69, 9.17) is 0 Å². The Hall–Kier alpha value is -0.390. The second-order valence-corrected chi connectivity index (χ2v) is 2.46. The molecular weight excluding hydrogens is 108 g/mol. The molecule has 0 nitrogen and oxygen atoms in total. The van der Waals surface area contributed by atoms with Crippen LogP contribution in [0.25, 0.3) is 0 Å². The molecule has 0 N–H and O–H groups in total. The average molecular weight is 125 g/mol. The van der Waals surface area contributed by atoms with Gasteiger partial charge in [0.15, 0.2) is 0 Å². The van der Waals surface area contributed by atoms with Crippen molar-refractivity contribution in [3.8, 4) is 0 Å². The van der Waals surface area contributed by atoms with Crippen LogP contribution in [0.3, 0.4) is 0 Å². The fourth-order valence-corrected chi connectivity index (χ4v) is 0.750. The minimum absolute atomic E-state index is 0.906. The molecule has 0 saturated carbocycles. The maximum atomic E-state index is 3.88. The number of hydrogen-bond acceptors (Lipinski definition) is 0. The van der Waals surface area contributed by atoms with Crippen LogP contribution in [0, 0.1) is 6.92 Å². The Bertz CT molecular complexity index is 72.1. The van der Waals surface area contributed by atoms with Gasteiger partial charge in [-0.2, -0.15) is 0 Å². The Morgan fingerprint density at radius 1 is 1.44 bits per heavy atom. The first-order valence-electron chi connectivity index (χ1n) is 3.77. The van der Waals surface area contributed by atoms with Crippen LogP contribution < -0.4 is 0 Å². The maximum absolute atomic E-state index is 3.88. The van der Waals surface area contributed by atoms with E-state index in [1.165, 1.54) is 31.3 Å². The maximum Gasteiger partial charge on any atom is 0.106 e. The van der Waals surface area contributed by atoms with Gasteiger partial charge < -0.3 is 0 Å². The quantitative estimate of drug-likeness (QED) is 0.300. The summed E-state index contributed by atoms with van der Waals surface area (Å²) in [5.41, 5.74) is 1.29. The van der Waals surface area contributed by atoms with E-state index in [0.29, 0.717) is 0 Å². The van der Waals surface area contributed by atoms with Crippen LogP contribution in [-0.4, -0.2) is 0 Å². The molecule has 0 radical (unpaired) electrons. The SMILES string of the molecule is C=C(C[CH2+])CCCCC. The van der Waals surface area contributed by atoms with E-state index in [1.54, 1.807) is 0 Å². The molecule has 0 spiro atoms. The average Bonchev–Trinajstić information content (AvgIpc) is 1.89. The van der Waals surface area contributed by atoms with Gasteiger partial charge in [-0.25, -0.2) is 0 Å². The minimum atomic E-state index is 0.906. The molecular formula is C9H17+. The van der Waals surface area contributed by atoms with Crippen LogP contribution >= 0.6 is 0 Å². The molecule has 0 aromatic carbocycles. The lowest BCUT2D eigenvalue weighted by Gasteiger charge is -1.96. The summed E-state index contributed by atoms with van der Waals surface area (Å²) in [4.78, 5) is 0. The first-order chi connectivity index (χ1) is 4.31. The highest BCUT2D eigenvalue weighted by Crippen LogP contribution is 2.08. The van der Waals surface area contributed by atoms with E-state index in [1.807, 2.05) is 0 Å². The predicted molar refractivity (Wildman–Crippen MR) is 43.3 cm³/mol. The van der Waals surface area contributed by atoms with E-state index >= 15 is 0 Å². The monoisotopic (exact) mass is 125 g/mol. The van der Waals surface area contributed by atoms with Gasteiger partial charge in [-0.05, 0) is 18.4 Å². The Labute approximate surface area is 59.0 Å². The van der Waals surface area contributed by atoms with E-state index < -0.39 is 0 Å². The molecule has 0 aromatic rings. The van der Waals surface area contributed by atoms with E-state index in [0.717, 1.165) is 6.42 Å². The molecule has 0 rings (SSSR count). The lowest BCUT2D eigenvalue weighted by molar-refractivity contribution is 0.708. The number of allylic oxidation sites excluding steroid dienone is 1. The normalized spacial score (nSPS) is 9.44. The van der Waals surface area contributed by atoms with E-state index in [9.17, 15) is 0 Å². The molecule has 0 bridgehead atoms. The number of hydrogen-bond donors (Lipinski definition) is 0. The van der Waals surface area contributed by atoms with Gasteiger partial charge in [0.25, 0.3) is 0 Å². The largest absolute Gasteiger partial charge is 0.106 e. The van der Waals surface area contributed by atoms with Gasteiger partial charge >= 0.3 is 0 Å². The molecule has 0 aliphatic rings. The van der Waals surface area contributed by atoms with Gasteiger partial charge in [-0.3, -0.25) is 0 Å². The zero-order chi connectivity index (χ0) is 7.11. The van der Waals surface area contributed by atoms with Crippen molar-refractivity contribution >= 4 is 0 Å². The van der Waals surface area contributed by atoms with Gasteiger partial charge in [0.05, 0.1) is 6.92 Å². The zero-order valence-electron chi connectivity index (χ0n) is 6.45. The van der Waals surface area contributed by atoms with Gasteiger partial charge in [-0.1, -0.05) is 26.3 Å². The lowest BCUT2D eigenvalue weighted by Crippen LogP contribution is -1.79. The first kappa shape index (κ1) is 8.61. The summed E-state index contributed by atoms with van der Waals surface area (Å²) < 4.78 is 0. The van der Waals surface area contributed by atoms with Crippen LogP contribution in [0.1, 0.15) is 39.0 Å².